The van der Waals surface area contributed by atoms with Gasteiger partial charge < -0.3 is 14.8 Å². The van der Waals surface area contributed by atoms with E-state index in [0.717, 1.165) is 35.7 Å². The SMILES string of the molecule is Cc1cnn(C2CN([C@@H](C)C(=O)NCc3ccc4c(c3)OCO4)C2)c1. The number of carbonyl (C=O) groups excluding carboxylic acids is 1. The van der Waals surface area contributed by atoms with Gasteiger partial charge in [-0.1, -0.05) is 6.07 Å². The third-order valence-corrected chi connectivity index (χ3v) is 4.83. The highest BCUT2D eigenvalue weighted by Crippen LogP contribution is 2.32. The van der Waals surface area contributed by atoms with Crippen molar-refractivity contribution in [3.8, 4) is 11.5 Å². The second-order valence-corrected chi connectivity index (χ2v) is 6.69. The largest absolute Gasteiger partial charge is 0.454 e. The summed E-state index contributed by atoms with van der Waals surface area (Å²) >= 11 is 0. The number of likely N-dealkylation sites (tertiary alicyclic amines) is 1. The Morgan fingerprint density at radius 2 is 2.16 bits per heavy atom. The molecule has 25 heavy (non-hydrogen) atoms. The third-order valence-electron chi connectivity index (χ3n) is 4.83. The first-order valence-electron chi connectivity index (χ1n) is 8.51. The number of fused-ring (bicyclic) bond motifs is 1. The van der Waals surface area contributed by atoms with Crippen molar-refractivity contribution in [2.75, 3.05) is 19.9 Å². The van der Waals surface area contributed by atoms with Crippen LogP contribution in [0.3, 0.4) is 0 Å². The van der Waals surface area contributed by atoms with Gasteiger partial charge in [-0.15, -0.1) is 0 Å². The Morgan fingerprint density at radius 1 is 1.36 bits per heavy atom. The van der Waals surface area contributed by atoms with Crippen LogP contribution in [0.25, 0.3) is 0 Å². The number of ether oxygens (including phenoxy) is 2. The lowest BCUT2D eigenvalue weighted by molar-refractivity contribution is -0.128. The lowest BCUT2D eigenvalue weighted by Crippen LogP contribution is -2.56. The predicted molar refractivity (Wildman–Crippen MR) is 91.4 cm³/mol. The molecule has 3 heterocycles. The van der Waals surface area contributed by atoms with Crippen LogP contribution in [0.2, 0.25) is 0 Å². The van der Waals surface area contributed by atoms with Gasteiger partial charge in [-0.2, -0.15) is 5.10 Å². The average Bonchev–Trinajstić information content (AvgIpc) is 3.19. The maximum absolute atomic E-state index is 12.4. The third kappa shape index (κ3) is 3.19. The van der Waals surface area contributed by atoms with Gasteiger partial charge in [0, 0.05) is 25.8 Å². The van der Waals surface area contributed by atoms with Gasteiger partial charge in [-0.3, -0.25) is 14.4 Å². The number of nitrogens with zero attached hydrogens (tertiary/aromatic N) is 3. The molecule has 1 aromatic carbocycles. The summed E-state index contributed by atoms with van der Waals surface area (Å²) in [6, 6.07) is 5.93. The van der Waals surface area contributed by atoms with E-state index in [1.807, 2.05) is 49.1 Å². The standard InChI is InChI=1S/C18H22N4O3/c1-12-6-20-22(8-12)15-9-21(10-15)13(2)18(23)19-7-14-3-4-16-17(5-14)25-11-24-16/h3-6,8,13,15H,7,9-11H2,1-2H3,(H,19,23)/t13-/m0/s1. The molecule has 0 saturated carbocycles. The number of rotatable bonds is 5. The van der Waals surface area contributed by atoms with Crippen LogP contribution in [0.1, 0.15) is 24.1 Å². The molecule has 7 nitrogen and oxygen atoms in total. The molecule has 132 valence electrons. The molecular formula is C18H22N4O3. The highest BCUT2D eigenvalue weighted by Gasteiger charge is 2.34. The summed E-state index contributed by atoms with van der Waals surface area (Å²) in [7, 11) is 0. The molecule has 2 aliphatic rings. The number of aryl methyl sites for hydroxylation is 1. The number of carbonyl (C=O) groups is 1. The molecule has 1 atom stereocenters. The zero-order valence-electron chi connectivity index (χ0n) is 14.4. The molecule has 0 unspecified atom stereocenters. The van der Waals surface area contributed by atoms with E-state index in [9.17, 15) is 4.79 Å². The van der Waals surface area contributed by atoms with Gasteiger partial charge in [0.2, 0.25) is 12.7 Å². The Bertz CT molecular complexity index is 782. The second kappa shape index (κ2) is 6.40. The van der Waals surface area contributed by atoms with Crippen LogP contribution < -0.4 is 14.8 Å². The van der Waals surface area contributed by atoms with Crippen molar-refractivity contribution in [2.24, 2.45) is 0 Å². The van der Waals surface area contributed by atoms with E-state index in [0.29, 0.717) is 12.6 Å². The molecule has 1 aromatic heterocycles. The van der Waals surface area contributed by atoms with Gasteiger partial charge in [-0.25, -0.2) is 0 Å². The van der Waals surface area contributed by atoms with E-state index in [1.165, 1.54) is 0 Å². The summed E-state index contributed by atoms with van der Waals surface area (Å²) in [5.41, 5.74) is 2.16. The fourth-order valence-corrected chi connectivity index (χ4v) is 3.16. The topological polar surface area (TPSA) is 68.6 Å². The lowest BCUT2D eigenvalue weighted by atomic mass is 10.1. The van der Waals surface area contributed by atoms with Crippen LogP contribution in [-0.4, -0.2) is 46.5 Å². The van der Waals surface area contributed by atoms with Crippen molar-refractivity contribution in [2.45, 2.75) is 32.5 Å². The van der Waals surface area contributed by atoms with Crippen molar-refractivity contribution in [3.63, 3.8) is 0 Å². The van der Waals surface area contributed by atoms with Gasteiger partial charge in [-0.05, 0) is 37.1 Å². The summed E-state index contributed by atoms with van der Waals surface area (Å²) in [4.78, 5) is 14.6. The summed E-state index contributed by atoms with van der Waals surface area (Å²) in [6.07, 6.45) is 3.91. The van der Waals surface area contributed by atoms with Crippen molar-refractivity contribution in [3.05, 3.63) is 41.7 Å². The number of benzene rings is 1. The Kier molecular flexibility index (Phi) is 4.09. The minimum Gasteiger partial charge on any atom is -0.454 e. The van der Waals surface area contributed by atoms with Crippen LogP contribution in [0.4, 0.5) is 0 Å². The molecule has 0 spiro atoms. The lowest BCUT2D eigenvalue weighted by Gasteiger charge is -2.42. The Balaban J connectivity index is 1.27. The van der Waals surface area contributed by atoms with E-state index in [2.05, 4.69) is 15.3 Å². The predicted octanol–water partition coefficient (Wildman–Crippen LogP) is 1.48. The number of hydrogen-bond donors (Lipinski definition) is 1. The maximum atomic E-state index is 12.4. The van der Waals surface area contributed by atoms with Crippen molar-refractivity contribution in [1.82, 2.24) is 20.0 Å². The van der Waals surface area contributed by atoms with Crippen molar-refractivity contribution < 1.29 is 14.3 Å². The van der Waals surface area contributed by atoms with Crippen LogP contribution in [0.5, 0.6) is 11.5 Å². The number of amides is 1. The molecular weight excluding hydrogens is 320 g/mol. The fraction of sp³-hybridized carbons (Fsp3) is 0.444. The first-order chi connectivity index (χ1) is 12.1. The van der Waals surface area contributed by atoms with Gasteiger partial charge >= 0.3 is 0 Å². The van der Waals surface area contributed by atoms with E-state index in [4.69, 9.17) is 9.47 Å². The smallest absolute Gasteiger partial charge is 0.237 e. The van der Waals surface area contributed by atoms with E-state index in [1.54, 1.807) is 0 Å². The highest BCUT2D eigenvalue weighted by molar-refractivity contribution is 5.81. The summed E-state index contributed by atoms with van der Waals surface area (Å²) in [5, 5.41) is 7.35. The minimum atomic E-state index is -0.151. The number of nitrogens with one attached hydrogen (secondary N) is 1. The van der Waals surface area contributed by atoms with Gasteiger partial charge in [0.1, 0.15) is 0 Å². The molecule has 2 aliphatic heterocycles. The quantitative estimate of drug-likeness (QED) is 0.891. The van der Waals surface area contributed by atoms with Gasteiger partial charge in [0.15, 0.2) is 11.5 Å². The number of hydrogen-bond acceptors (Lipinski definition) is 5. The van der Waals surface area contributed by atoms with E-state index >= 15 is 0 Å². The average molecular weight is 342 g/mol. The monoisotopic (exact) mass is 342 g/mol. The van der Waals surface area contributed by atoms with Crippen LogP contribution >= 0.6 is 0 Å². The molecule has 1 N–H and O–H groups in total. The summed E-state index contributed by atoms with van der Waals surface area (Å²) in [6.45, 7) is 6.41. The van der Waals surface area contributed by atoms with Crippen molar-refractivity contribution >= 4 is 5.91 Å². The normalized spacial score (nSPS) is 18.0. The Morgan fingerprint density at radius 3 is 2.92 bits per heavy atom. The van der Waals surface area contributed by atoms with Crippen LogP contribution in [0.15, 0.2) is 30.6 Å². The van der Waals surface area contributed by atoms with E-state index in [-0.39, 0.29) is 18.7 Å². The molecule has 4 rings (SSSR count). The first-order valence-corrected chi connectivity index (χ1v) is 8.51. The summed E-state index contributed by atoms with van der Waals surface area (Å²) in [5.74, 6) is 1.52. The molecule has 2 aromatic rings. The molecule has 0 aliphatic carbocycles. The number of aromatic nitrogens is 2. The van der Waals surface area contributed by atoms with Gasteiger partial charge in [0.05, 0.1) is 18.3 Å². The molecule has 7 heteroatoms. The molecule has 0 radical (unpaired) electrons. The summed E-state index contributed by atoms with van der Waals surface area (Å²) < 4.78 is 12.6. The highest BCUT2D eigenvalue weighted by atomic mass is 16.7. The molecule has 1 fully saturated rings. The molecule has 0 bridgehead atoms. The second-order valence-electron chi connectivity index (χ2n) is 6.69. The fourth-order valence-electron chi connectivity index (χ4n) is 3.16. The first kappa shape index (κ1) is 16.0. The Hall–Kier alpha value is -2.54. The van der Waals surface area contributed by atoms with Crippen LogP contribution in [0, 0.1) is 6.92 Å². The minimum absolute atomic E-state index is 0.0350. The molecule has 1 saturated heterocycles. The van der Waals surface area contributed by atoms with Crippen LogP contribution in [-0.2, 0) is 11.3 Å². The zero-order valence-corrected chi connectivity index (χ0v) is 14.4. The van der Waals surface area contributed by atoms with E-state index < -0.39 is 0 Å². The molecule has 1 amide bonds. The van der Waals surface area contributed by atoms with Crippen molar-refractivity contribution in [1.29, 1.82) is 0 Å². The zero-order chi connectivity index (χ0) is 17.4. The maximum Gasteiger partial charge on any atom is 0.237 e. The van der Waals surface area contributed by atoms with Gasteiger partial charge in [0.25, 0.3) is 0 Å². The Labute approximate surface area is 146 Å².